The lowest BCUT2D eigenvalue weighted by atomic mass is 9.70. The van der Waals surface area contributed by atoms with Gasteiger partial charge in [-0.1, -0.05) is 25.4 Å². The molecule has 9 nitrogen and oxygen atoms in total. The van der Waals surface area contributed by atoms with Crippen molar-refractivity contribution in [2.45, 2.75) is 38.0 Å². The third kappa shape index (κ3) is 4.89. The van der Waals surface area contributed by atoms with E-state index >= 15 is 0 Å². The van der Waals surface area contributed by atoms with Gasteiger partial charge in [0, 0.05) is 30.2 Å². The van der Waals surface area contributed by atoms with Crippen LogP contribution in [0.2, 0.25) is 5.02 Å². The number of fused-ring (bicyclic) bond motifs is 2. The number of halogens is 1. The first-order valence-electron chi connectivity index (χ1n) is 12.6. The molecule has 2 aromatic rings. The molecule has 0 aromatic heterocycles. The fraction of sp³-hybridized carbons (Fsp3) is 0.500. The van der Waals surface area contributed by atoms with Crippen LogP contribution in [0.1, 0.15) is 33.1 Å². The number of nitrogens with zero attached hydrogens (tertiary/aromatic N) is 1. The van der Waals surface area contributed by atoms with Crippen LogP contribution in [0.4, 0.5) is 17.1 Å². The van der Waals surface area contributed by atoms with Crippen molar-refractivity contribution in [3.8, 4) is 0 Å². The third-order valence-electron chi connectivity index (χ3n) is 8.57. The van der Waals surface area contributed by atoms with Gasteiger partial charge in [-0.2, -0.15) is 0 Å². The Labute approximate surface area is 229 Å². The molecule has 12 heteroatoms. The minimum Gasteiger partial charge on any atom is -0.378 e. The van der Waals surface area contributed by atoms with Crippen LogP contribution in [0.5, 0.6) is 0 Å². The number of nitrogens with one attached hydrogen (secondary N) is 2. The zero-order valence-corrected chi connectivity index (χ0v) is 23.8. The summed E-state index contributed by atoms with van der Waals surface area (Å²) in [6.07, 6.45) is 1.78. The Morgan fingerprint density at radius 2 is 1.71 bits per heavy atom. The Balaban J connectivity index is 1.48. The van der Waals surface area contributed by atoms with E-state index in [-0.39, 0.29) is 28.0 Å². The highest BCUT2D eigenvalue weighted by atomic mass is 35.5. The number of anilines is 3. The molecule has 2 aliphatic carbocycles. The van der Waals surface area contributed by atoms with Gasteiger partial charge < -0.3 is 9.64 Å². The van der Waals surface area contributed by atoms with Gasteiger partial charge in [0.25, 0.3) is 10.0 Å². The van der Waals surface area contributed by atoms with E-state index in [9.17, 15) is 21.6 Å². The molecule has 0 radical (unpaired) electrons. The molecule has 0 amide bonds. The van der Waals surface area contributed by atoms with E-state index in [0.29, 0.717) is 55.5 Å². The quantitative estimate of drug-likeness (QED) is 0.481. The molecule has 2 N–H and O–H groups in total. The lowest BCUT2D eigenvalue weighted by Gasteiger charge is -2.36. The number of morpholine rings is 1. The van der Waals surface area contributed by atoms with E-state index in [1.54, 1.807) is 30.3 Å². The van der Waals surface area contributed by atoms with Crippen LogP contribution in [-0.2, 0) is 29.6 Å². The summed E-state index contributed by atoms with van der Waals surface area (Å²) in [5.74, 6) is -0.146. The van der Waals surface area contributed by atoms with E-state index in [1.165, 1.54) is 12.1 Å². The Hall–Kier alpha value is -2.34. The monoisotopic (exact) mass is 581 g/mol. The summed E-state index contributed by atoms with van der Waals surface area (Å²) in [5, 5.41) is 0.469. The smallest absolute Gasteiger partial charge is 0.261 e. The fourth-order valence-electron chi connectivity index (χ4n) is 6.21. The maximum Gasteiger partial charge on any atom is 0.261 e. The summed E-state index contributed by atoms with van der Waals surface area (Å²) in [5.41, 5.74) is -0.325. The molecule has 2 bridgehead atoms. The Morgan fingerprint density at radius 1 is 1.03 bits per heavy atom. The van der Waals surface area contributed by atoms with E-state index in [4.69, 9.17) is 16.3 Å². The second kappa shape index (κ2) is 9.69. The molecule has 3 fully saturated rings. The first-order valence-corrected chi connectivity index (χ1v) is 16.1. The van der Waals surface area contributed by atoms with Crippen molar-refractivity contribution >= 4 is 54.5 Å². The van der Waals surface area contributed by atoms with Crippen molar-refractivity contribution in [1.29, 1.82) is 0 Å². The molecule has 3 aliphatic rings. The van der Waals surface area contributed by atoms with E-state index in [2.05, 4.69) is 9.44 Å². The average molecular weight is 582 g/mol. The molecule has 0 spiro atoms. The normalized spacial score (nSPS) is 25.0. The highest BCUT2D eigenvalue weighted by molar-refractivity contribution is 7.93. The number of ether oxygens (including phenoxy) is 1. The van der Waals surface area contributed by atoms with Crippen molar-refractivity contribution in [3.05, 3.63) is 47.5 Å². The highest BCUT2D eigenvalue weighted by Gasteiger charge is 2.65. The number of hydrogen-bond donors (Lipinski definition) is 2. The zero-order chi connectivity index (χ0) is 27.3. The lowest BCUT2D eigenvalue weighted by molar-refractivity contribution is -0.128. The van der Waals surface area contributed by atoms with Gasteiger partial charge in [0.1, 0.15) is 5.78 Å². The maximum atomic E-state index is 13.6. The summed E-state index contributed by atoms with van der Waals surface area (Å²) in [7, 11) is -8.05. The first-order chi connectivity index (χ1) is 17.8. The largest absolute Gasteiger partial charge is 0.378 e. The van der Waals surface area contributed by atoms with Gasteiger partial charge in [-0.3, -0.25) is 14.2 Å². The maximum absolute atomic E-state index is 13.6. The van der Waals surface area contributed by atoms with Crippen molar-refractivity contribution in [1.82, 2.24) is 0 Å². The molecule has 5 rings (SSSR count). The van der Waals surface area contributed by atoms with Crippen LogP contribution in [-0.4, -0.2) is 54.7 Å². The summed E-state index contributed by atoms with van der Waals surface area (Å²) in [6, 6.07) is 10.6. The molecule has 0 unspecified atom stereocenters. The third-order valence-corrected chi connectivity index (χ3v) is 11.6. The minimum absolute atomic E-state index is 0.000945. The van der Waals surface area contributed by atoms with Crippen molar-refractivity contribution < 1.29 is 26.4 Å². The van der Waals surface area contributed by atoms with Gasteiger partial charge in [0.15, 0.2) is 0 Å². The molecule has 1 heterocycles. The predicted molar refractivity (Wildman–Crippen MR) is 148 cm³/mol. The van der Waals surface area contributed by atoms with Gasteiger partial charge >= 0.3 is 0 Å². The second-order valence-corrected chi connectivity index (χ2v) is 14.8. The van der Waals surface area contributed by atoms with Crippen LogP contribution in [0, 0.1) is 16.7 Å². The fourth-order valence-corrected chi connectivity index (χ4v) is 9.32. The van der Waals surface area contributed by atoms with E-state index in [1.807, 2.05) is 18.7 Å². The van der Waals surface area contributed by atoms with Gasteiger partial charge in [0.05, 0.1) is 40.7 Å². The van der Waals surface area contributed by atoms with Crippen LogP contribution in [0.3, 0.4) is 0 Å². The number of hydrogen-bond acceptors (Lipinski definition) is 7. The number of carbonyl (C=O) groups excluding carboxylic acids is 1. The summed E-state index contributed by atoms with van der Waals surface area (Å²) >= 11 is 5.91. The summed E-state index contributed by atoms with van der Waals surface area (Å²) in [4.78, 5) is 14.8. The summed E-state index contributed by atoms with van der Waals surface area (Å²) in [6.45, 7) is 5.97. The van der Waals surface area contributed by atoms with Crippen LogP contribution in [0.15, 0.2) is 47.4 Å². The first kappa shape index (κ1) is 27.2. The van der Waals surface area contributed by atoms with Gasteiger partial charge in [-0.15, -0.1) is 0 Å². The number of rotatable bonds is 8. The SMILES string of the molecule is CC1(C)[C@@H]2CC[C@@]1(CS(=O)(=O)Nc1cc(S(=O)(=O)Nc3ccc(Cl)cc3)ccc1N1CCOCC1)C(=O)C2. The average Bonchev–Trinajstić information content (AvgIpc) is 3.19. The Kier molecular flexibility index (Phi) is 6.95. The summed E-state index contributed by atoms with van der Waals surface area (Å²) < 4.78 is 64.2. The van der Waals surface area contributed by atoms with Crippen LogP contribution >= 0.6 is 11.6 Å². The van der Waals surface area contributed by atoms with Crippen molar-refractivity contribution in [2.24, 2.45) is 16.7 Å². The molecule has 1 aliphatic heterocycles. The van der Waals surface area contributed by atoms with Crippen LogP contribution < -0.4 is 14.3 Å². The number of ketones is 1. The van der Waals surface area contributed by atoms with Gasteiger partial charge in [0.2, 0.25) is 10.0 Å². The number of benzene rings is 2. The minimum atomic E-state index is -4.04. The standard InChI is InChI=1S/C26H32ClN3O6S2/c1-25(2)18-9-10-26(25,24(31)15-18)17-37(32,33)29-22-16-21(7-8-23(22)30-11-13-36-14-12-30)38(34,35)28-20-5-3-19(27)4-6-20/h3-8,16,18,28-29H,9-15,17H2,1-2H3/t18-,26-/m1/s1. The molecule has 206 valence electrons. The Bertz CT molecular complexity index is 1450. The second-order valence-electron chi connectivity index (χ2n) is 10.9. The molecular weight excluding hydrogens is 550 g/mol. The Morgan fingerprint density at radius 3 is 2.32 bits per heavy atom. The van der Waals surface area contributed by atoms with Crippen LogP contribution in [0.25, 0.3) is 0 Å². The van der Waals surface area contributed by atoms with Crippen molar-refractivity contribution in [2.75, 3.05) is 46.4 Å². The van der Waals surface area contributed by atoms with Gasteiger partial charge in [-0.25, -0.2) is 16.8 Å². The zero-order valence-electron chi connectivity index (χ0n) is 21.4. The van der Waals surface area contributed by atoms with Crippen molar-refractivity contribution in [3.63, 3.8) is 0 Å². The van der Waals surface area contributed by atoms with E-state index in [0.717, 1.165) is 6.42 Å². The molecule has 38 heavy (non-hydrogen) atoms. The highest BCUT2D eigenvalue weighted by Crippen LogP contribution is 2.64. The lowest BCUT2D eigenvalue weighted by Crippen LogP contribution is -2.43. The molecule has 2 saturated carbocycles. The predicted octanol–water partition coefficient (Wildman–Crippen LogP) is 4.11. The van der Waals surface area contributed by atoms with E-state index < -0.39 is 30.9 Å². The number of Topliss-reactive ketones (excluding diaryl/α,β-unsaturated/α-hetero) is 1. The number of sulfonamides is 2. The molecule has 2 atom stereocenters. The molecular formula is C26H32ClN3O6S2. The van der Waals surface area contributed by atoms with Gasteiger partial charge in [-0.05, 0) is 66.6 Å². The molecule has 1 saturated heterocycles. The molecule has 2 aromatic carbocycles. The topological polar surface area (TPSA) is 122 Å². The number of carbonyl (C=O) groups is 1.